The summed E-state index contributed by atoms with van der Waals surface area (Å²) in [7, 11) is 0. The van der Waals surface area contributed by atoms with Crippen LogP contribution < -0.4 is 0 Å². The molecule has 0 saturated heterocycles. The van der Waals surface area contributed by atoms with Crippen molar-refractivity contribution < 1.29 is 9.72 Å². The number of rotatable bonds is 4. The molecular weight excluding hydrogens is 278 g/mol. The van der Waals surface area contributed by atoms with Crippen molar-refractivity contribution in [2.24, 2.45) is 0 Å². The van der Waals surface area contributed by atoms with Crippen molar-refractivity contribution in [1.82, 2.24) is 0 Å². The number of hydrogen-bond acceptors (Lipinski definition) is 3. The lowest BCUT2D eigenvalue weighted by molar-refractivity contribution is -0.385. The van der Waals surface area contributed by atoms with Gasteiger partial charge in [-0.2, -0.15) is 0 Å². The molecule has 0 aromatic heterocycles. The van der Waals surface area contributed by atoms with Gasteiger partial charge in [0.05, 0.1) is 10.5 Å². The summed E-state index contributed by atoms with van der Waals surface area (Å²) in [5.41, 5.74) is 1.51. The molecule has 0 spiro atoms. The number of hydrogen-bond donors (Lipinski definition) is 0. The first-order valence-corrected chi connectivity index (χ1v) is 6.38. The third-order valence-corrected chi connectivity index (χ3v) is 3.14. The van der Waals surface area contributed by atoms with Crippen LogP contribution in [0.5, 0.6) is 0 Å². The van der Waals surface area contributed by atoms with E-state index in [0.29, 0.717) is 5.02 Å². The molecule has 0 aliphatic rings. The summed E-state index contributed by atoms with van der Waals surface area (Å²) in [5.74, 6) is -0.289. The zero-order valence-corrected chi connectivity index (χ0v) is 11.6. The Labute approximate surface area is 121 Å². The van der Waals surface area contributed by atoms with Gasteiger partial charge in [-0.15, -0.1) is 0 Å². The highest BCUT2D eigenvalue weighted by molar-refractivity contribution is 6.30. The highest BCUT2D eigenvalue weighted by atomic mass is 35.5. The van der Waals surface area contributed by atoms with E-state index in [2.05, 4.69) is 0 Å². The Bertz CT molecular complexity index is 683. The van der Waals surface area contributed by atoms with Gasteiger partial charge < -0.3 is 0 Å². The Morgan fingerprint density at radius 2 is 2.00 bits per heavy atom. The Morgan fingerprint density at radius 3 is 2.65 bits per heavy atom. The Balaban J connectivity index is 2.34. The third-order valence-electron chi connectivity index (χ3n) is 2.90. The number of carbonyl (C=O) groups excluding carboxylic acids is 1. The Kier molecular flexibility index (Phi) is 4.15. The maximum Gasteiger partial charge on any atom is 0.280 e. The second-order valence-corrected chi connectivity index (χ2v) is 4.94. The molecule has 2 rings (SSSR count). The van der Waals surface area contributed by atoms with Crippen molar-refractivity contribution in [3.8, 4) is 0 Å². The van der Waals surface area contributed by atoms with Crippen LogP contribution in [0.1, 0.15) is 21.5 Å². The number of benzene rings is 2. The first kappa shape index (κ1) is 14.2. The quantitative estimate of drug-likeness (QED) is 0.486. The van der Waals surface area contributed by atoms with Crippen LogP contribution in [0.2, 0.25) is 5.02 Å². The molecule has 5 heteroatoms. The number of nitro groups is 1. The van der Waals surface area contributed by atoms with Gasteiger partial charge in [-0.25, -0.2) is 0 Å². The van der Waals surface area contributed by atoms with Crippen LogP contribution in [0.15, 0.2) is 42.5 Å². The van der Waals surface area contributed by atoms with Gasteiger partial charge in [-0.3, -0.25) is 14.9 Å². The summed E-state index contributed by atoms with van der Waals surface area (Å²) in [5, 5.41) is 11.5. The highest BCUT2D eigenvalue weighted by Gasteiger charge is 2.20. The van der Waals surface area contributed by atoms with Gasteiger partial charge in [0, 0.05) is 17.5 Å². The fraction of sp³-hybridized carbons (Fsp3) is 0.133. The standard InChI is InChI=1S/C15H12ClNO3/c1-10-5-6-14(17(19)20)13(7-10)15(18)9-11-3-2-4-12(16)8-11/h2-8H,9H2,1H3. The lowest BCUT2D eigenvalue weighted by Gasteiger charge is -2.04. The molecule has 4 nitrogen and oxygen atoms in total. The minimum absolute atomic E-state index is 0.0881. The van der Waals surface area contributed by atoms with E-state index in [1.807, 2.05) is 0 Å². The number of carbonyl (C=O) groups is 1. The van der Waals surface area contributed by atoms with Crippen LogP contribution in [-0.2, 0) is 6.42 Å². The van der Waals surface area contributed by atoms with Crippen LogP contribution in [0.25, 0.3) is 0 Å². The highest BCUT2D eigenvalue weighted by Crippen LogP contribution is 2.22. The van der Waals surface area contributed by atoms with Gasteiger partial charge in [0.1, 0.15) is 0 Å². The zero-order chi connectivity index (χ0) is 14.7. The molecule has 0 aliphatic heterocycles. The van der Waals surface area contributed by atoms with Crippen LogP contribution in [0.3, 0.4) is 0 Å². The number of nitro benzene ring substituents is 1. The average molecular weight is 290 g/mol. The molecule has 2 aromatic carbocycles. The van der Waals surface area contributed by atoms with Gasteiger partial charge in [0.2, 0.25) is 0 Å². The van der Waals surface area contributed by atoms with E-state index in [-0.39, 0.29) is 23.5 Å². The number of ketones is 1. The van der Waals surface area contributed by atoms with Crippen molar-refractivity contribution in [2.45, 2.75) is 13.3 Å². The van der Waals surface area contributed by atoms with E-state index in [1.165, 1.54) is 6.07 Å². The van der Waals surface area contributed by atoms with Crippen LogP contribution in [0.4, 0.5) is 5.69 Å². The summed E-state index contributed by atoms with van der Waals surface area (Å²) in [6.45, 7) is 1.79. The molecule has 0 N–H and O–H groups in total. The zero-order valence-electron chi connectivity index (χ0n) is 10.8. The monoisotopic (exact) mass is 289 g/mol. The molecule has 0 unspecified atom stereocenters. The van der Waals surface area contributed by atoms with E-state index >= 15 is 0 Å². The second-order valence-electron chi connectivity index (χ2n) is 4.51. The molecule has 102 valence electrons. The maximum absolute atomic E-state index is 12.3. The predicted molar refractivity (Wildman–Crippen MR) is 77.3 cm³/mol. The summed E-state index contributed by atoms with van der Waals surface area (Å²) in [6.07, 6.45) is 0.0881. The molecule has 0 saturated carbocycles. The number of aryl methyl sites for hydroxylation is 1. The first-order valence-electron chi connectivity index (χ1n) is 6.00. The lowest BCUT2D eigenvalue weighted by atomic mass is 10.00. The van der Waals surface area contributed by atoms with Crippen molar-refractivity contribution in [1.29, 1.82) is 0 Å². The normalized spacial score (nSPS) is 10.3. The number of nitrogens with zero attached hydrogens (tertiary/aromatic N) is 1. The summed E-state index contributed by atoms with van der Waals surface area (Å²) in [4.78, 5) is 22.7. The molecule has 0 fully saturated rings. The van der Waals surface area contributed by atoms with Gasteiger partial charge in [0.15, 0.2) is 5.78 Å². The van der Waals surface area contributed by atoms with Crippen molar-refractivity contribution >= 4 is 23.1 Å². The van der Waals surface area contributed by atoms with E-state index < -0.39 is 4.92 Å². The predicted octanol–water partition coefficient (Wildman–Crippen LogP) is 3.98. The topological polar surface area (TPSA) is 60.2 Å². The van der Waals surface area contributed by atoms with E-state index in [4.69, 9.17) is 11.6 Å². The van der Waals surface area contributed by atoms with Crippen LogP contribution in [-0.4, -0.2) is 10.7 Å². The molecule has 0 heterocycles. The van der Waals surface area contributed by atoms with E-state index in [9.17, 15) is 14.9 Å². The summed E-state index contributed by atoms with van der Waals surface area (Å²) in [6, 6.07) is 11.4. The maximum atomic E-state index is 12.3. The van der Waals surface area contributed by atoms with Gasteiger partial charge in [-0.1, -0.05) is 29.8 Å². The molecular formula is C15H12ClNO3. The van der Waals surface area contributed by atoms with Crippen molar-refractivity contribution in [3.05, 3.63) is 74.3 Å². The Hall–Kier alpha value is -2.20. The van der Waals surface area contributed by atoms with Crippen molar-refractivity contribution in [2.75, 3.05) is 0 Å². The third kappa shape index (κ3) is 3.22. The molecule has 0 amide bonds. The van der Waals surface area contributed by atoms with Gasteiger partial charge >= 0.3 is 0 Å². The lowest BCUT2D eigenvalue weighted by Crippen LogP contribution is -2.07. The van der Waals surface area contributed by atoms with Crippen molar-refractivity contribution in [3.63, 3.8) is 0 Å². The average Bonchev–Trinajstić information content (AvgIpc) is 2.38. The molecule has 2 aromatic rings. The van der Waals surface area contributed by atoms with E-state index in [0.717, 1.165) is 11.1 Å². The minimum Gasteiger partial charge on any atom is -0.294 e. The summed E-state index contributed by atoms with van der Waals surface area (Å²) < 4.78 is 0. The van der Waals surface area contributed by atoms with E-state index in [1.54, 1.807) is 43.3 Å². The smallest absolute Gasteiger partial charge is 0.280 e. The number of Topliss-reactive ketones (excluding diaryl/α,β-unsaturated/α-hetero) is 1. The molecule has 0 bridgehead atoms. The minimum atomic E-state index is -0.537. The first-order chi connectivity index (χ1) is 9.47. The molecule has 0 atom stereocenters. The number of halogens is 1. The second kappa shape index (κ2) is 5.84. The fourth-order valence-corrected chi connectivity index (χ4v) is 2.17. The van der Waals surface area contributed by atoms with Gasteiger partial charge in [-0.05, 0) is 36.2 Å². The Morgan fingerprint density at radius 1 is 1.25 bits per heavy atom. The fourth-order valence-electron chi connectivity index (χ4n) is 1.96. The molecule has 0 radical (unpaired) electrons. The molecule has 20 heavy (non-hydrogen) atoms. The van der Waals surface area contributed by atoms with Crippen LogP contribution >= 0.6 is 11.6 Å². The van der Waals surface area contributed by atoms with Crippen LogP contribution in [0, 0.1) is 17.0 Å². The summed E-state index contributed by atoms with van der Waals surface area (Å²) >= 11 is 5.86. The van der Waals surface area contributed by atoms with Gasteiger partial charge in [0.25, 0.3) is 5.69 Å². The molecule has 0 aliphatic carbocycles. The largest absolute Gasteiger partial charge is 0.294 e. The SMILES string of the molecule is Cc1ccc([N+](=O)[O-])c(C(=O)Cc2cccc(Cl)c2)c1.